The van der Waals surface area contributed by atoms with Crippen LogP contribution < -0.4 is 5.32 Å². The largest absolute Gasteiger partial charge is 0.350 e. The quantitative estimate of drug-likeness (QED) is 0.550. The summed E-state index contributed by atoms with van der Waals surface area (Å²) in [5, 5.41) is 23.4. The molecule has 0 aliphatic rings. The molecule has 0 saturated carbocycles. The molecule has 0 aliphatic heterocycles. The van der Waals surface area contributed by atoms with Gasteiger partial charge in [-0.05, 0) is 35.4 Å². The summed E-state index contributed by atoms with van der Waals surface area (Å²) in [6.45, 7) is 0. The van der Waals surface area contributed by atoms with Crippen molar-refractivity contribution in [2.45, 2.75) is 0 Å². The number of nitriles is 1. The number of nitro groups is 1. The summed E-state index contributed by atoms with van der Waals surface area (Å²) < 4.78 is 0. The van der Waals surface area contributed by atoms with Crippen molar-refractivity contribution in [3.05, 3.63) is 88.5 Å². The molecule has 3 aromatic rings. The van der Waals surface area contributed by atoms with Gasteiger partial charge in [0.2, 0.25) is 0 Å². The van der Waals surface area contributed by atoms with Crippen molar-refractivity contribution in [3.63, 3.8) is 0 Å². The maximum Gasteiger partial charge on any atom is 0.310 e. The second kappa shape index (κ2) is 6.63. The van der Waals surface area contributed by atoms with E-state index in [1.54, 1.807) is 12.1 Å². The van der Waals surface area contributed by atoms with Gasteiger partial charge in [-0.25, -0.2) is 0 Å². The fourth-order valence-corrected chi connectivity index (χ4v) is 2.49. The van der Waals surface area contributed by atoms with E-state index in [1.165, 1.54) is 6.07 Å². The van der Waals surface area contributed by atoms with E-state index < -0.39 is 4.92 Å². The molecule has 0 radical (unpaired) electrons. The number of nitrogens with zero attached hydrogens (tertiary/aromatic N) is 2. The minimum atomic E-state index is -0.540. The van der Waals surface area contributed by atoms with Crippen molar-refractivity contribution in [1.29, 1.82) is 5.26 Å². The highest BCUT2D eigenvalue weighted by molar-refractivity contribution is 5.76. The monoisotopic (exact) mass is 315 g/mol. The lowest BCUT2D eigenvalue weighted by atomic mass is 10.1. The maximum absolute atomic E-state index is 11.3. The first-order valence-electron chi connectivity index (χ1n) is 7.29. The molecule has 3 rings (SSSR count). The summed E-state index contributed by atoms with van der Waals surface area (Å²) in [5.41, 5.74) is 2.88. The van der Waals surface area contributed by atoms with E-state index in [9.17, 15) is 10.1 Å². The van der Waals surface area contributed by atoms with Crippen LogP contribution in [0.5, 0.6) is 0 Å². The van der Waals surface area contributed by atoms with Gasteiger partial charge in [0.1, 0.15) is 17.3 Å². The van der Waals surface area contributed by atoms with E-state index in [0.717, 1.165) is 16.8 Å². The second-order valence-corrected chi connectivity index (χ2v) is 5.14. The number of nitrogens with one attached hydrogen (secondary N) is 1. The third-order valence-electron chi connectivity index (χ3n) is 3.59. The van der Waals surface area contributed by atoms with Crippen LogP contribution in [0.15, 0.2) is 72.8 Å². The Bertz CT molecular complexity index is 931. The van der Waals surface area contributed by atoms with Crippen LogP contribution in [0.3, 0.4) is 0 Å². The van der Waals surface area contributed by atoms with E-state index >= 15 is 0 Å². The number of hydrogen-bond acceptors (Lipinski definition) is 4. The van der Waals surface area contributed by atoms with Crippen LogP contribution in [-0.4, -0.2) is 4.92 Å². The molecule has 0 heterocycles. The molecule has 0 atom stereocenters. The van der Waals surface area contributed by atoms with Gasteiger partial charge in [-0.2, -0.15) is 5.26 Å². The molecular formula is C19H13N3O2. The van der Waals surface area contributed by atoms with E-state index in [1.807, 2.05) is 60.7 Å². The molecule has 0 unspecified atom stereocenters. The molecule has 0 fully saturated rings. The van der Waals surface area contributed by atoms with Gasteiger partial charge in [0, 0.05) is 5.69 Å². The highest BCUT2D eigenvalue weighted by Crippen LogP contribution is 2.32. The molecule has 5 nitrogen and oxygen atoms in total. The summed E-state index contributed by atoms with van der Waals surface area (Å²) in [5.74, 6) is 0. The van der Waals surface area contributed by atoms with E-state index in [4.69, 9.17) is 5.26 Å². The Kier molecular flexibility index (Phi) is 4.21. The van der Waals surface area contributed by atoms with Gasteiger partial charge in [0.15, 0.2) is 0 Å². The molecule has 116 valence electrons. The zero-order chi connectivity index (χ0) is 16.9. The molecule has 0 amide bonds. The predicted octanol–water partition coefficient (Wildman–Crippen LogP) is 4.88. The van der Waals surface area contributed by atoms with Crippen LogP contribution in [0.4, 0.5) is 17.1 Å². The van der Waals surface area contributed by atoms with Crippen molar-refractivity contribution in [3.8, 4) is 17.2 Å². The lowest BCUT2D eigenvalue weighted by Gasteiger charge is -2.10. The minimum Gasteiger partial charge on any atom is -0.350 e. The first-order valence-corrected chi connectivity index (χ1v) is 7.29. The zero-order valence-electron chi connectivity index (χ0n) is 12.6. The van der Waals surface area contributed by atoms with Crippen LogP contribution in [0.1, 0.15) is 5.56 Å². The average Bonchev–Trinajstić information content (AvgIpc) is 2.62. The highest BCUT2D eigenvalue weighted by Gasteiger charge is 2.19. The normalized spacial score (nSPS) is 9.96. The fraction of sp³-hybridized carbons (Fsp3) is 0. The Balaban J connectivity index is 1.99. The molecule has 3 aromatic carbocycles. The fourth-order valence-electron chi connectivity index (χ4n) is 2.49. The Morgan fingerprint density at radius 3 is 2.33 bits per heavy atom. The van der Waals surface area contributed by atoms with Gasteiger partial charge in [-0.1, -0.05) is 48.5 Å². The van der Waals surface area contributed by atoms with Crippen LogP contribution in [0, 0.1) is 21.4 Å². The number of rotatable bonds is 4. The van der Waals surface area contributed by atoms with Gasteiger partial charge in [-0.15, -0.1) is 0 Å². The van der Waals surface area contributed by atoms with Crippen molar-refractivity contribution in [2.75, 3.05) is 5.32 Å². The van der Waals surface area contributed by atoms with E-state index in [2.05, 4.69) is 5.32 Å². The molecular weight excluding hydrogens is 302 g/mol. The first kappa shape index (κ1) is 15.3. The van der Waals surface area contributed by atoms with Gasteiger partial charge in [0.05, 0.1) is 4.92 Å². The highest BCUT2D eigenvalue weighted by atomic mass is 16.6. The Labute approximate surface area is 139 Å². The minimum absolute atomic E-state index is 0.0317. The van der Waals surface area contributed by atoms with E-state index in [-0.39, 0.29) is 11.3 Å². The zero-order valence-corrected chi connectivity index (χ0v) is 12.6. The average molecular weight is 315 g/mol. The van der Waals surface area contributed by atoms with E-state index in [0.29, 0.717) is 5.69 Å². The first-order chi connectivity index (χ1) is 11.7. The third kappa shape index (κ3) is 3.08. The molecule has 5 heteroatoms. The number of benzene rings is 3. The standard InChI is InChI=1S/C19H13N3O2/c20-13-16-9-5-11-18(19(16)22(23)24)21-17-10-4-8-15(12-17)14-6-2-1-3-7-14/h1-12,21H. The number of nitro benzene ring substituents is 1. The summed E-state index contributed by atoms with van der Waals surface area (Å²) in [6, 6.07) is 24.0. The van der Waals surface area contributed by atoms with Crippen LogP contribution in [0.2, 0.25) is 0 Å². The summed E-state index contributed by atoms with van der Waals surface area (Å²) >= 11 is 0. The van der Waals surface area contributed by atoms with Gasteiger partial charge < -0.3 is 5.32 Å². The lowest BCUT2D eigenvalue weighted by molar-refractivity contribution is -0.384. The predicted molar refractivity (Wildman–Crippen MR) is 93.0 cm³/mol. The number of para-hydroxylation sites is 1. The van der Waals surface area contributed by atoms with Crippen LogP contribution in [0.25, 0.3) is 11.1 Å². The number of anilines is 2. The van der Waals surface area contributed by atoms with Crippen LogP contribution >= 0.6 is 0 Å². The summed E-state index contributed by atoms with van der Waals surface area (Å²) in [7, 11) is 0. The maximum atomic E-state index is 11.3. The third-order valence-corrected chi connectivity index (χ3v) is 3.59. The SMILES string of the molecule is N#Cc1cccc(Nc2cccc(-c3ccccc3)c2)c1[N+](=O)[O-]. The summed E-state index contributed by atoms with van der Waals surface area (Å²) in [4.78, 5) is 10.8. The van der Waals surface area contributed by atoms with Crippen molar-refractivity contribution in [2.24, 2.45) is 0 Å². The van der Waals surface area contributed by atoms with Crippen LogP contribution in [-0.2, 0) is 0 Å². The molecule has 0 aliphatic carbocycles. The Morgan fingerprint density at radius 2 is 1.62 bits per heavy atom. The van der Waals surface area contributed by atoms with Crippen molar-refractivity contribution < 1.29 is 4.92 Å². The molecule has 1 N–H and O–H groups in total. The molecule has 0 saturated heterocycles. The second-order valence-electron chi connectivity index (χ2n) is 5.14. The van der Waals surface area contributed by atoms with Crippen molar-refractivity contribution >= 4 is 17.1 Å². The molecule has 24 heavy (non-hydrogen) atoms. The van der Waals surface area contributed by atoms with Gasteiger partial charge >= 0.3 is 5.69 Å². The smallest absolute Gasteiger partial charge is 0.310 e. The molecule has 0 spiro atoms. The molecule has 0 aromatic heterocycles. The van der Waals surface area contributed by atoms with Crippen molar-refractivity contribution in [1.82, 2.24) is 0 Å². The topological polar surface area (TPSA) is 79.0 Å². The molecule has 0 bridgehead atoms. The Morgan fingerprint density at radius 1 is 0.917 bits per heavy atom. The lowest BCUT2D eigenvalue weighted by Crippen LogP contribution is -1.99. The van der Waals surface area contributed by atoms with Gasteiger partial charge in [-0.3, -0.25) is 10.1 Å². The van der Waals surface area contributed by atoms with Gasteiger partial charge in [0.25, 0.3) is 0 Å². The number of hydrogen-bond donors (Lipinski definition) is 1. The summed E-state index contributed by atoms with van der Waals surface area (Å²) in [6.07, 6.45) is 0. The Hall–Kier alpha value is -3.65.